The molecule has 4 aliphatic rings. The molecule has 4 aliphatic heterocycles. The number of piperazine rings is 1. The molecule has 7 N–H and O–H groups in total. The lowest BCUT2D eigenvalue weighted by Gasteiger charge is -2.36. The number of aliphatic hydroxyl groups excluding tert-OH is 3. The third-order valence-electron chi connectivity index (χ3n) is 13.5. The highest BCUT2D eigenvalue weighted by molar-refractivity contribution is 6.30. The number of anilines is 1. The smallest absolute Gasteiger partial charge is 0.312 e. The molecular formula is C50H60ClN5O12. The van der Waals surface area contributed by atoms with Gasteiger partial charge in [0.1, 0.15) is 22.9 Å². The van der Waals surface area contributed by atoms with Crippen molar-refractivity contribution in [3.63, 3.8) is 0 Å². The number of ether oxygens (including phenoxy) is 3. The zero-order valence-electron chi connectivity index (χ0n) is 39.3. The van der Waals surface area contributed by atoms with Crippen molar-refractivity contribution in [2.75, 3.05) is 38.6 Å². The summed E-state index contributed by atoms with van der Waals surface area (Å²) < 4.78 is 23.4. The van der Waals surface area contributed by atoms with E-state index < -0.39 is 82.8 Å². The number of ketones is 1. The van der Waals surface area contributed by atoms with Crippen molar-refractivity contribution in [2.45, 2.75) is 85.2 Å². The molecule has 0 radical (unpaired) electrons. The molecular weight excluding hydrogens is 898 g/mol. The number of aromatic hydroxyl groups is 3. The second-order valence-corrected chi connectivity index (χ2v) is 18.6. The summed E-state index contributed by atoms with van der Waals surface area (Å²) in [5.41, 5.74) is 1.06. The van der Waals surface area contributed by atoms with Crippen LogP contribution in [0.15, 0.2) is 76.1 Å². The lowest BCUT2D eigenvalue weighted by atomic mass is 9.78. The predicted molar refractivity (Wildman–Crippen MR) is 256 cm³/mol. The van der Waals surface area contributed by atoms with Gasteiger partial charge in [-0.05, 0) is 32.1 Å². The van der Waals surface area contributed by atoms with Crippen LogP contribution in [-0.2, 0) is 20.8 Å². The summed E-state index contributed by atoms with van der Waals surface area (Å²) in [7, 11) is 1.43. The van der Waals surface area contributed by atoms with Crippen molar-refractivity contribution in [3.8, 4) is 34.3 Å². The van der Waals surface area contributed by atoms with Gasteiger partial charge >= 0.3 is 5.79 Å². The van der Waals surface area contributed by atoms with E-state index in [1.54, 1.807) is 50.9 Å². The van der Waals surface area contributed by atoms with Crippen LogP contribution in [0, 0.1) is 30.6 Å². The van der Waals surface area contributed by atoms with Gasteiger partial charge in [-0.3, -0.25) is 19.5 Å². The summed E-state index contributed by atoms with van der Waals surface area (Å²) in [6.07, 6.45) is 4.66. The van der Waals surface area contributed by atoms with E-state index in [2.05, 4.69) is 20.5 Å². The minimum atomic E-state index is -2.05. The highest BCUT2D eigenvalue weighted by atomic mass is 35.5. The molecule has 3 aromatic carbocycles. The lowest BCUT2D eigenvalue weighted by molar-refractivity contribution is -0.112. The molecule has 1 aromatic heterocycles. The van der Waals surface area contributed by atoms with Crippen molar-refractivity contribution in [3.05, 3.63) is 93.9 Å². The maximum Gasteiger partial charge on any atom is 0.312 e. The van der Waals surface area contributed by atoms with Crippen LogP contribution in [0.2, 0.25) is 5.02 Å². The number of amides is 1. The average Bonchev–Trinajstić information content (AvgIpc) is 3.90. The molecule has 1 saturated heterocycles. The molecule has 0 spiro atoms. The van der Waals surface area contributed by atoms with E-state index in [0.29, 0.717) is 49.2 Å². The fourth-order valence-corrected chi connectivity index (χ4v) is 9.21. The Hall–Kier alpha value is -5.95. The second kappa shape index (κ2) is 20.3. The molecule has 4 aromatic rings. The monoisotopic (exact) mass is 957 g/mol. The van der Waals surface area contributed by atoms with Gasteiger partial charge in [-0.1, -0.05) is 74.8 Å². The molecule has 0 saturated carbocycles. The zero-order valence-corrected chi connectivity index (χ0v) is 40.1. The number of hydrogen-bond donors (Lipinski definition) is 7. The van der Waals surface area contributed by atoms with Crippen molar-refractivity contribution in [2.24, 2.45) is 28.8 Å². The van der Waals surface area contributed by atoms with Crippen LogP contribution in [0.25, 0.3) is 22.0 Å². The molecule has 5 heterocycles. The van der Waals surface area contributed by atoms with Gasteiger partial charge in [0.15, 0.2) is 11.5 Å². The Balaban J connectivity index is 1.25. The van der Waals surface area contributed by atoms with Crippen molar-refractivity contribution >= 4 is 46.0 Å². The van der Waals surface area contributed by atoms with E-state index >= 15 is 0 Å². The molecule has 18 heteroatoms. The summed E-state index contributed by atoms with van der Waals surface area (Å²) in [4.78, 5) is 30.6. The normalized spacial score (nSPS) is 29.5. The zero-order chi connectivity index (χ0) is 49.4. The topological polar surface area (TPSA) is 240 Å². The van der Waals surface area contributed by atoms with E-state index in [4.69, 9.17) is 30.3 Å². The number of halogens is 1. The Morgan fingerprint density at radius 2 is 1.62 bits per heavy atom. The standard InChI is InChI=1S/C50H60ClN5O12/c1-25-11-9-12-26(2)49(64)53-40-34(23-52-56-18-16-55(17-19-56)24-33-22-35(54-68-33)31-13-10-14-32(51)21-31)45(61)37-38(46(40)62)44(60)30(6)47-39(37)48(63)50(7,67-47)66-20-15-36(65-8)27(3)42(58)29(5)43(59)28(4)41(25)57/h9-15,20-23,25,27-29,36,41-43,57-62H,16-19,24H2,1-8H3,(H,53,64)/b11-9+,20-15+,26-12-,52-23+/t25-,27+,28+,29-,36-,41-,42+,43+,50-/m0/s1. The van der Waals surface area contributed by atoms with E-state index in [9.17, 15) is 40.2 Å². The molecule has 17 nitrogen and oxygen atoms in total. The third-order valence-corrected chi connectivity index (χ3v) is 13.8. The van der Waals surface area contributed by atoms with Crippen LogP contribution in [0.1, 0.15) is 68.8 Å². The molecule has 1 fully saturated rings. The van der Waals surface area contributed by atoms with E-state index in [1.807, 2.05) is 24.3 Å². The van der Waals surface area contributed by atoms with Crippen LogP contribution < -0.4 is 10.1 Å². The first kappa shape index (κ1) is 49.9. The van der Waals surface area contributed by atoms with Gasteiger partial charge in [0.2, 0.25) is 0 Å². The number of hydrazone groups is 1. The third kappa shape index (κ3) is 9.82. The number of phenols is 3. The Labute approximate surface area is 399 Å². The minimum absolute atomic E-state index is 0.0470. The Bertz CT molecular complexity index is 2670. The number of nitrogens with one attached hydrogen (secondary N) is 1. The number of fused-ring (bicyclic) bond motifs is 14. The number of nitrogens with zero attached hydrogens (tertiary/aromatic N) is 4. The van der Waals surface area contributed by atoms with E-state index in [1.165, 1.54) is 52.5 Å². The molecule has 0 unspecified atom stereocenters. The number of aliphatic hydroxyl groups is 3. The fourth-order valence-electron chi connectivity index (χ4n) is 9.02. The first-order chi connectivity index (χ1) is 32.3. The number of hydrogen-bond acceptors (Lipinski definition) is 16. The molecule has 9 atom stereocenters. The number of carbonyl (C=O) groups is 2. The first-order valence-corrected chi connectivity index (χ1v) is 23.0. The van der Waals surface area contributed by atoms with E-state index in [-0.39, 0.29) is 44.5 Å². The Morgan fingerprint density at radius 3 is 2.31 bits per heavy atom. The quantitative estimate of drug-likeness (QED) is 0.0609. The summed E-state index contributed by atoms with van der Waals surface area (Å²) in [6.45, 7) is 13.7. The molecule has 5 bridgehead atoms. The van der Waals surface area contributed by atoms with Crippen molar-refractivity contribution < 1.29 is 59.0 Å². The van der Waals surface area contributed by atoms with Gasteiger partial charge < -0.3 is 54.7 Å². The van der Waals surface area contributed by atoms with Crippen LogP contribution >= 0.6 is 11.6 Å². The highest BCUT2D eigenvalue weighted by Crippen LogP contribution is 2.55. The average molecular weight is 959 g/mol. The summed E-state index contributed by atoms with van der Waals surface area (Å²) in [5.74, 6) is -7.21. The number of allylic oxidation sites excluding steroid dienone is 2. The molecule has 0 aliphatic carbocycles. The molecule has 364 valence electrons. The molecule has 8 rings (SSSR count). The fraction of sp³-hybridized carbons (Fsp3) is 0.440. The molecule has 1 amide bonds. The summed E-state index contributed by atoms with van der Waals surface area (Å²) >= 11 is 6.17. The number of aromatic nitrogens is 1. The van der Waals surface area contributed by atoms with Crippen LogP contribution in [-0.4, -0.2) is 127 Å². The van der Waals surface area contributed by atoms with Gasteiger partial charge in [-0.25, -0.2) is 0 Å². The largest absolute Gasteiger partial charge is 0.507 e. The van der Waals surface area contributed by atoms with Gasteiger partial charge in [0.05, 0.1) is 65.6 Å². The van der Waals surface area contributed by atoms with Gasteiger partial charge in [-0.15, -0.1) is 0 Å². The Morgan fingerprint density at radius 1 is 0.926 bits per heavy atom. The minimum Gasteiger partial charge on any atom is -0.507 e. The second-order valence-electron chi connectivity index (χ2n) is 18.2. The van der Waals surface area contributed by atoms with Crippen molar-refractivity contribution in [1.29, 1.82) is 0 Å². The lowest BCUT2D eigenvalue weighted by Crippen LogP contribution is -2.44. The maximum atomic E-state index is 14.5. The number of rotatable bonds is 6. The Kier molecular flexibility index (Phi) is 14.9. The number of benzene rings is 3. The van der Waals surface area contributed by atoms with E-state index in [0.717, 1.165) is 5.56 Å². The van der Waals surface area contributed by atoms with Crippen LogP contribution in [0.3, 0.4) is 0 Å². The van der Waals surface area contributed by atoms with Gasteiger partial charge in [0.25, 0.3) is 11.7 Å². The van der Waals surface area contributed by atoms with Gasteiger partial charge in [-0.2, -0.15) is 5.10 Å². The predicted octanol–water partition coefficient (Wildman–Crippen LogP) is 6.64. The van der Waals surface area contributed by atoms with Crippen LogP contribution in [0.4, 0.5) is 5.69 Å². The van der Waals surface area contributed by atoms with Gasteiger partial charge in [0, 0.05) is 97.1 Å². The maximum absolute atomic E-state index is 14.5. The number of Topliss-reactive ketones (excluding diaryl/α,β-unsaturated/α-hetero) is 1. The first-order valence-electron chi connectivity index (χ1n) is 22.6. The summed E-state index contributed by atoms with van der Waals surface area (Å²) in [5, 5.41) is 83.3. The number of carbonyl (C=O) groups excluding carboxylic acids is 2. The number of phenolic OH excluding ortho intramolecular Hbond substituents is 3. The summed E-state index contributed by atoms with van der Waals surface area (Å²) in [6, 6.07) is 9.21. The highest BCUT2D eigenvalue weighted by Gasteiger charge is 2.50. The molecule has 68 heavy (non-hydrogen) atoms. The SMILES string of the molecule is CO[C@H]1/C=C/O[C@@]2(C)Oc3c(C)c(O)c4c(O)c(c(/C=N/N5CCN(Cc6cc(-c7cccc(Cl)c7)no6)CC5)c(O)c4c3C2=O)NC(=O)/C(C)=C\C=C\[C@H](C)[C@H](O)[C@@H](C)[C@@H](O)[C@@H](C)[C@H](O)[C@@H]1C. The number of methoxy groups -OCH3 is 1. The van der Waals surface area contributed by atoms with Crippen molar-refractivity contribution in [1.82, 2.24) is 15.1 Å². The van der Waals surface area contributed by atoms with Crippen LogP contribution in [0.5, 0.6) is 23.0 Å².